The summed E-state index contributed by atoms with van der Waals surface area (Å²) in [5, 5.41) is 2.12. The Labute approximate surface area is 176 Å². The fourth-order valence-electron chi connectivity index (χ4n) is 2.80. The number of amides is 1. The maximum atomic E-state index is 13.2. The number of carbonyl (C=O) groups is 1. The molecule has 31 heavy (non-hydrogen) atoms. The van der Waals surface area contributed by atoms with Crippen LogP contribution in [0.5, 0.6) is 0 Å². The second-order valence-corrected chi connectivity index (χ2v) is 8.25. The highest BCUT2D eigenvalue weighted by Gasteiger charge is 2.34. The van der Waals surface area contributed by atoms with Gasteiger partial charge in [-0.1, -0.05) is 30.3 Å². The molecule has 0 aromatic heterocycles. The van der Waals surface area contributed by atoms with Crippen LogP contribution in [-0.4, -0.2) is 20.9 Å². The van der Waals surface area contributed by atoms with Crippen LogP contribution < -0.4 is 9.62 Å². The molecule has 5 nitrogen and oxygen atoms in total. The molecule has 3 aromatic rings. The summed E-state index contributed by atoms with van der Waals surface area (Å²) in [6, 6.07) is 15.9. The summed E-state index contributed by atoms with van der Waals surface area (Å²) >= 11 is 0. The van der Waals surface area contributed by atoms with Gasteiger partial charge < -0.3 is 5.32 Å². The van der Waals surface area contributed by atoms with E-state index in [0.717, 1.165) is 40.7 Å². The van der Waals surface area contributed by atoms with E-state index in [-0.39, 0.29) is 10.6 Å². The number of benzene rings is 3. The van der Waals surface area contributed by atoms with Crippen LogP contribution in [0.15, 0.2) is 83.8 Å². The van der Waals surface area contributed by atoms with Gasteiger partial charge in [0.05, 0.1) is 21.8 Å². The molecule has 0 spiro atoms. The molecule has 3 rings (SSSR count). The quantitative estimate of drug-likeness (QED) is 0.553. The lowest BCUT2D eigenvalue weighted by molar-refractivity contribution is -0.137. The molecule has 0 aliphatic heterocycles. The van der Waals surface area contributed by atoms with E-state index in [1.807, 2.05) is 0 Å². The molecule has 0 heterocycles. The first-order chi connectivity index (χ1) is 14.6. The van der Waals surface area contributed by atoms with E-state index >= 15 is 0 Å². The molecule has 1 N–H and O–H groups in total. The van der Waals surface area contributed by atoms with Gasteiger partial charge in [-0.2, -0.15) is 13.2 Å². The number of carbonyl (C=O) groups excluding carboxylic acids is 1. The summed E-state index contributed by atoms with van der Waals surface area (Å²) < 4.78 is 79.7. The van der Waals surface area contributed by atoms with Gasteiger partial charge in [-0.05, 0) is 48.5 Å². The third-order valence-electron chi connectivity index (χ3n) is 4.24. The zero-order valence-electron chi connectivity index (χ0n) is 15.8. The summed E-state index contributed by atoms with van der Waals surface area (Å²) in [6.45, 7) is -0.796. The first kappa shape index (κ1) is 22.3. The molecule has 0 saturated carbocycles. The van der Waals surface area contributed by atoms with Crippen LogP contribution in [0.4, 0.5) is 28.9 Å². The maximum absolute atomic E-state index is 13.2. The van der Waals surface area contributed by atoms with Crippen molar-refractivity contribution in [3.8, 4) is 0 Å². The molecule has 0 aliphatic rings. The Hall–Kier alpha value is -3.40. The highest BCUT2D eigenvalue weighted by Crippen LogP contribution is 2.34. The standard InChI is InChI=1S/C21H16F4N2O3S/c22-15-10-12-17(13-11-15)31(29,30)27(16-6-2-1-3-7-16)14-20(28)26-19-9-5-4-8-18(19)21(23,24)25/h1-13H,14H2,(H,26,28). The van der Waals surface area contributed by atoms with Gasteiger partial charge in [0.1, 0.15) is 12.4 Å². The molecule has 0 radical (unpaired) electrons. The van der Waals surface area contributed by atoms with E-state index in [1.54, 1.807) is 18.2 Å². The number of hydrogen-bond donors (Lipinski definition) is 1. The number of alkyl halides is 3. The minimum absolute atomic E-state index is 0.117. The van der Waals surface area contributed by atoms with Gasteiger partial charge in [0.2, 0.25) is 5.91 Å². The number of nitrogens with zero attached hydrogens (tertiary/aromatic N) is 1. The monoisotopic (exact) mass is 452 g/mol. The Balaban J connectivity index is 1.94. The van der Waals surface area contributed by atoms with E-state index in [0.29, 0.717) is 0 Å². The van der Waals surface area contributed by atoms with Crippen LogP contribution in [-0.2, 0) is 21.0 Å². The molecule has 0 bridgehead atoms. The first-order valence-corrected chi connectivity index (χ1v) is 10.3. The van der Waals surface area contributed by atoms with Crippen LogP contribution in [0.25, 0.3) is 0 Å². The SMILES string of the molecule is O=C(CN(c1ccccc1)S(=O)(=O)c1ccc(F)cc1)Nc1ccccc1C(F)(F)F. The fraction of sp³-hybridized carbons (Fsp3) is 0.0952. The van der Waals surface area contributed by atoms with Crippen LogP contribution in [0.2, 0.25) is 0 Å². The van der Waals surface area contributed by atoms with Gasteiger partial charge in [0, 0.05) is 0 Å². The van der Waals surface area contributed by atoms with Crippen molar-refractivity contribution in [2.24, 2.45) is 0 Å². The Bertz CT molecular complexity index is 1170. The highest BCUT2D eigenvalue weighted by molar-refractivity contribution is 7.92. The summed E-state index contributed by atoms with van der Waals surface area (Å²) in [7, 11) is -4.31. The number of para-hydroxylation sites is 2. The number of halogens is 4. The number of rotatable bonds is 6. The maximum Gasteiger partial charge on any atom is 0.418 e. The van der Waals surface area contributed by atoms with Crippen molar-refractivity contribution < 1.29 is 30.8 Å². The minimum atomic E-state index is -4.71. The first-order valence-electron chi connectivity index (χ1n) is 8.88. The van der Waals surface area contributed by atoms with Gasteiger partial charge in [-0.25, -0.2) is 12.8 Å². The molecule has 10 heteroatoms. The average Bonchev–Trinajstić information content (AvgIpc) is 2.72. The molecule has 0 aliphatic carbocycles. The third kappa shape index (κ3) is 5.21. The highest BCUT2D eigenvalue weighted by atomic mass is 32.2. The number of anilines is 2. The summed E-state index contributed by atoms with van der Waals surface area (Å²) in [5.74, 6) is -1.63. The topological polar surface area (TPSA) is 66.5 Å². The molecule has 0 fully saturated rings. The molecular weight excluding hydrogens is 436 g/mol. The van der Waals surface area contributed by atoms with Crippen molar-refractivity contribution in [1.82, 2.24) is 0 Å². The van der Waals surface area contributed by atoms with E-state index in [2.05, 4.69) is 5.32 Å². The van der Waals surface area contributed by atoms with Crippen molar-refractivity contribution in [3.05, 3.63) is 90.2 Å². The van der Waals surface area contributed by atoms with E-state index in [4.69, 9.17) is 0 Å². The minimum Gasteiger partial charge on any atom is -0.324 e. The van der Waals surface area contributed by atoms with Crippen LogP contribution in [0.1, 0.15) is 5.56 Å². The number of hydrogen-bond acceptors (Lipinski definition) is 3. The lowest BCUT2D eigenvalue weighted by Gasteiger charge is -2.24. The Morgan fingerprint density at radius 2 is 1.45 bits per heavy atom. The summed E-state index contributed by atoms with van der Waals surface area (Å²) in [6.07, 6.45) is -4.71. The van der Waals surface area contributed by atoms with Crippen LogP contribution in [0, 0.1) is 5.82 Å². The van der Waals surface area contributed by atoms with Gasteiger partial charge in [-0.15, -0.1) is 0 Å². The summed E-state index contributed by atoms with van der Waals surface area (Å²) in [4.78, 5) is 12.3. The zero-order chi connectivity index (χ0) is 22.6. The van der Waals surface area contributed by atoms with Gasteiger partial charge >= 0.3 is 6.18 Å². The third-order valence-corrected chi connectivity index (χ3v) is 6.03. The van der Waals surface area contributed by atoms with Gasteiger partial charge in [-0.3, -0.25) is 9.10 Å². The zero-order valence-corrected chi connectivity index (χ0v) is 16.6. The lowest BCUT2D eigenvalue weighted by atomic mass is 10.1. The van der Waals surface area contributed by atoms with E-state index in [9.17, 15) is 30.8 Å². The molecule has 0 saturated heterocycles. The lowest BCUT2D eigenvalue weighted by Crippen LogP contribution is -2.38. The van der Waals surface area contributed by atoms with E-state index in [1.165, 1.54) is 24.3 Å². The number of nitrogens with one attached hydrogen (secondary N) is 1. The van der Waals surface area contributed by atoms with Gasteiger partial charge in [0.15, 0.2) is 0 Å². The van der Waals surface area contributed by atoms with Crippen molar-refractivity contribution in [1.29, 1.82) is 0 Å². The van der Waals surface area contributed by atoms with Crippen LogP contribution >= 0.6 is 0 Å². The average molecular weight is 452 g/mol. The second kappa shape index (κ2) is 8.76. The Morgan fingerprint density at radius 1 is 0.871 bits per heavy atom. The Kier molecular flexibility index (Phi) is 6.30. The molecular formula is C21H16F4N2O3S. The van der Waals surface area contributed by atoms with Crippen molar-refractivity contribution in [2.45, 2.75) is 11.1 Å². The van der Waals surface area contributed by atoms with Crippen molar-refractivity contribution in [2.75, 3.05) is 16.2 Å². The number of sulfonamides is 1. The normalized spacial score (nSPS) is 11.7. The van der Waals surface area contributed by atoms with Crippen LogP contribution in [0.3, 0.4) is 0 Å². The Morgan fingerprint density at radius 3 is 2.06 bits per heavy atom. The fourth-order valence-corrected chi connectivity index (χ4v) is 4.22. The molecule has 3 aromatic carbocycles. The molecule has 0 atom stereocenters. The predicted molar refractivity (Wildman–Crippen MR) is 107 cm³/mol. The molecule has 0 unspecified atom stereocenters. The smallest absolute Gasteiger partial charge is 0.324 e. The van der Waals surface area contributed by atoms with Gasteiger partial charge in [0.25, 0.3) is 10.0 Å². The van der Waals surface area contributed by atoms with Crippen molar-refractivity contribution in [3.63, 3.8) is 0 Å². The van der Waals surface area contributed by atoms with E-state index < -0.39 is 45.7 Å². The second-order valence-electron chi connectivity index (χ2n) is 6.39. The summed E-state index contributed by atoms with van der Waals surface area (Å²) in [5.41, 5.74) is -1.44. The molecule has 1 amide bonds. The molecule has 162 valence electrons. The largest absolute Gasteiger partial charge is 0.418 e. The predicted octanol–water partition coefficient (Wildman–Crippen LogP) is 4.68. The van der Waals surface area contributed by atoms with Crippen molar-refractivity contribution >= 4 is 27.3 Å².